The molecule has 0 aliphatic carbocycles. The standard InChI is InChI=1S/C13H16N2O2.C4H6O6/c1-2-13(8-7-11(16)15-12(13)17)9-3-5-10(14)6-4-9;5-1(3(7)8)2(6)4(9)10/h3-6H,2,7-8,14H2,1H3,(H,15,16,17);1-2,5-6H,(H,7,8)(H,9,10)/t13-;/m0./s1. The van der Waals surface area contributed by atoms with Gasteiger partial charge >= 0.3 is 11.9 Å². The fourth-order valence-electron chi connectivity index (χ4n) is 2.64. The van der Waals surface area contributed by atoms with E-state index in [-0.39, 0.29) is 11.8 Å². The van der Waals surface area contributed by atoms with Gasteiger partial charge in [0.2, 0.25) is 11.8 Å². The Labute approximate surface area is 154 Å². The largest absolute Gasteiger partial charge is 0.479 e. The normalized spacial score (nSPS) is 21.3. The van der Waals surface area contributed by atoms with Gasteiger partial charge < -0.3 is 26.2 Å². The molecule has 7 N–H and O–H groups in total. The SMILES string of the molecule is CC[C@@]1(c2ccc(N)cc2)CCC(=O)NC1=O.O=C(O)C(O)C(O)C(=O)O. The molecular formula is C17H22N2O8. The topological polar surface area (TPSA) is 187 Å². The number of nitrogens with two attached hydrogens (primary N) is 1. The van der Waals surface area contributed by atoms with Crippen LogP contribution < -0.4 is 11.1 Å². The maximum atomic E-state index is 12.1. The first-order valence-electron chi connectivity index (χ1n) is 8.07. The van der Waals surface area contributed by atoms with Gasteiger partial charge in [-0.1, -0.05) is 19.1 Å². The number of carbonyl (C=O) groups excluding carboxylic acids is 2. The summed E-state index contributed by atoms with van der Waals surface area (Å²) in [6.45, 7) is 1.96. The monoisotopic (exact) mass is 382 g/mol. The Kier molecular flexibility index (Phi) is 7.44. The molecule has 1 aromatic rings. The summed E-state index contributed by atoms with van der Waals surface area (Å²) in [5.41, 5.74) is 6.66. The van der Waals surface area contributed by atoms with E-state index >= 15 is 0 Å². The van der Waals surface area contributed by atoms with Gasteiger partial charge in [-0.2, -0.15) is 0 Å². The molecule has 10 heteroatoms. The van der Waals surface area contributed by atoms with Gasteiger partial charge in [-0.25, -0.2) is 9.59 Å². The minimum absolute atomic E-state index is 0.186. The van der Waals surface area contributed by atoms with Crippen LogP contribution in [0, 0.1) is 0 Å². The van der Waals surface area contributed by atoms with E-state index in [1.54, 1.807) is 12.1 Å². The first-order valence-corrected chi connectivity index (χ1v) is 8.07. The zero-order chi connectivity index (χ0) is 20.8. The third-order valence-corrected chi connectivity index (χ3v) is 4.34. The van der Waals surface area contributed by atoms with Crippen LogP contribution in [0.3, 0.4) is 0 Å². The molecule has 1 fully saturated rings. The van der Waals surface area contributed by atoms with E-state index in [1.165, 1.54) is 0 Å². The molecule has 10 nitrogen and oxygen atoms in total. The van der Waals surface area contributed by atoms with Gasteiger partial charge in [-0.05, 0) is 30.5 Å². The zero-order valence-corrected chi connectivity index (χ0v) is 14.6. The third kappa shape index (κ3) is 5.25. The van der Waals surface area contributed by atoms with Crippen molar-refractivity contribution in [2.24, 2.45) is 0 Å². The Hall–Kier alpha value is -2.98. The summed E-state index contributed by atoms with van der Waals surface area (Å²) in [5.74, 6) is -3.92. The molecule has 1 aliphatic heterocycles. The molecule has 0 spiro atoms. The van der Waals surface area contributed by atoms with Gasteiger partial charge in [-0.15, -0.1) is 0 Å². The highest BCUT2D eigenvalue weighted by Gasteiger charge is 2.42. The van der Waals surface area contributed by atoms with Crippen LogP contribution in [0.5, 0.6) is 0 Å². The predicted octanol–water partition coefficient (Wildman–Crippen LogP) is -0.769. The number of nitrogens with one attached hydrogen (secondary N) is 1. The quantitative estimate of drug-likeness (QED) is 0.281. The van der Waals surface area contributed by atoms with Crippen molar-refractivity contribution in [3.63, 3.8) is 0 Å². The summed E-state index contributed by atoms with van der Waals surface area (Å²) in [7, 11) is 0. The lowest BCUT2D eigenvalue weighted by Gasteiger charge is -2.34. The number of hydrogen-bond donors (Lipinski definition) is 6. The van der Waals surface area contributed by atoms with Crippen LogP contribution in [0.15, 0.2) is 24.3 Å². The maximum absolute atomic E-state index is 12.1. The molecule has 1 aliphatic rings. The molecule has 1 saturated heterocycles. The van der Waals surface area contributed by atoms with Crippen LogP contribution in [0.1, 0.15) is 31.7 Å². The molecule has 0 bridgehead atoms. The molecule has 0 radical (unpaired) electrons. The fraction of sp³-hybridized carbons (Fsp3) is 0.412. The second-order valence-electron chi connectivity index (χ2n) is 6.00. The number of carbonyl (C=O) groups is 4. The fourth-order valence-corrected chi connectivity index (χ4v) is 2.64. The van der Waals surface area contributed by atoms with Crippen molar-refractivity contribution < 1.29 is 39.6 Å². The molecule has 1 aromatic carbocycles. The molecule has 0 aromatic heterocycles. The van der Waals surface area contributed by atoms with Crippen molar-refractivity contribution in [1.82, 2.24) is 5.32 Å². The summed E-state index contributed by atoms with van der Waals surface area (Å²) < 4.78 is 0. The molecular weight excluding hydrogens is 360 g/mol. The smallest absolute Gasteiger partial charge is 0.335 e. The van der Waals surface area contributed by atoms with Crippen LogP contribution in [-0.2, 0) is 24.6 Å². The lowest BCUT2D eigenvalue weighted by atomic mass is 9.72. The maximum Gasteiger partial charge on any atom is 0.335 e. The molecule has 2 rings (SSSR count). The number of aliphatic hydroxyl groups excluding tert-OH is 2. The number of benzene rings is 1. The van der Waals surface area contributed by atoms with Crippen molar-refractivity contribution in [3.05, 3.63) is 29.8 Å². The Morgan fingerprint density at radius 2 is 1.59 bits per heavy atom. The molecule has 3 atom stereocenters. The molecule has 27 heavy (non-hydrogen) atoms. The van der Waals surface area contributed by atoms with Crippen LogP contribution in [0.25, 0.3) is 0 Å². The predicted molar refractivity (Wildman–Crippen MR) is 92.5 cm³/mol. The number of carboxylic acids is 2. The summed E-state index contributed by atoms with van der Waals surface area (Å²) >= 11 is 0. The molecule has 2 unspecified atom stereocenters. The number of nitrogen functional groups attached to an aromatic ring is 1. The van der Waals surface area contributed by atoms with Crippen molar-refractivity contribution >= 4 is 29.4 Å². The number of carboxylic acid groups (broad SMARTS) is 2. The van der Waals surface area contributed by atoms with E-state index in [0.29, 0.717) is 24.9 Å². The van der Waals surface area contributed by atoms with Crippen molar-refractivity contribution in [1.29, 1.82) is 0 Å². The number of piperidine rings is 1. The highest BCUT2D eigenvalue weighted by Crippen LogP contribution is 2.35. The zero-order valence-electron chi connectivity index (χ0n) is 14.6. The number of amides is 2. The Morgan fingerprint density at radius 3 is 1.96 bits per heavy atom. The molecule has 1 heterocycles. The summed E-state index contributed by atoms with van der Waals surface area (Å²) in [5, 5.41) is 35.0. The first kappa shape index (κ1) is 22.1. The third-order valence-electron chi connectivity index (χ3n) is 4.34. The van der Waals surface area contributed by atoms with E-state index in [4.69, 9.17) is 26.2 Å². The van der Waals surface area contributed by atoms with Crippen LogP contribution in [0.2, 0.25) is 0 Å². The lowest BCUT2D eigenvalue weighted by Crippen LogP contribution is -2.51. The Morgan fingerprint density at radius 1 is 1.11 bits per heavy atom. The highest BCUT2D eigenvalue weighted by molar-refractivity contribution is 6.03. The van der Waals surface area contributed by atoms with E-state index in [2.05, 4.69) is 5.32 Å². The second kappa shape index (κ2) is 9.10. The van der Waals surface area contributed by atoms with Gasteiger partial charge in [0.15, 0.2) is 12.2 Å². The van der Waals surface area contributed by atoms with E-state index in [0.717, 1.165) is 5.56 Å². The van der Waals surface area contributed by atoms with E-state index < -0.39 is 29.6 Å². The summed E-state index contributed by atoms with van der Waals surface area (Å²) in [6, 6.07) is 7.31. The minimum atomic E-state index is -2.27. The van der Waals surface area contributed by atoms with Gasteiger partial charge in [0.05, 0.1) is 5.41 Å². The lowest BCUT2D eigenvalue weighted by molar-refractivity contribution is -0.165. The Bertz CT molecular complexity index is 700. The Balaban J connectivity index is 0.000000314. The highest BCUT2D eigenvalue weighted by atomic mass is 16.4. The summed E-state index contributed by atoms with van der Waals surface area (Å²) in [4.78, 5) is 42.8. The van der Waals surface area contributed by atoms with E-state index in [9.17, 15) is 19.2 Å². The molecule has 2 amide bonds. The first-order chi connectivity index (χ1) is 12.5. The number of anilines is 1. The van der Waals surface area contributed by atoms with Gasteiger partial charge in [0.1, 0.15) is 0 Å². The average molecular weight is 382 g/mol. The number of aliphatic hydroxyl groups is 2. The number of rotatable bonds is 5. The minimum Gasteiger partial charge on any atom is -0.479 e. The van der Waals surface area contributed by atoms with Crippen LogP contribution >= 0.6 is 0 Å². The summed E-state index contributed by atoms with van der Waals surface area (Å²) in [6.07, 6.45) is -2.90. The van der Waals surface area contributed by atoms with Crippen molar-refractivity contribution in [3.8, 4) is 0 Å². The van der Waals surface area contributed by atoms with Gasteiger partial charge in [0.25, 0.3) is 0 Å². The van der Waals surface area contributed by atoms with E-state index in [1.807, 2.05) is 19.1 Å². The van der Waals surface area contributed by atoms with Crippen LogP contribution in [-0.4, -0.2) is 56.4 Å². The van der Waals surface area contributed by atoms with Crippen molar-refractivity contribution in [2.75, 3.05) is 5.73 Å². The number of aliphatic carboxylic acids is 2. The van der Waals surface area contributed by atoms with Gasteiger partial charge in [-0.3, -0.25) is 14.9 Å². The second-order valence-corrected chi connectivity index (χ2v) is 6.00. The number of hydrogen-bond acceptors (Lipinski definition) is 7. The van der Waals surface area contributed by atoms with Crippen LogP contribution in [0.4, 0.5) is 5.69 Å². The van der Waals surface area contributed by atoms with Crippen molar-refractivity contribution in [2.45, 2.75) is 43.8 Å². The average Bonchev–Trinajstić information content (AvgIpc) is 2.62. The molecule has 148 valence electrons. The molecule has 0 saturated carbocycles. The number of imide groups is 1. The van der Waals surface area contributed by atoms with Gasteiger partial charge in [0, 0.05) is 12.1 Å².